The Bertz CT molecular complexity index is 572. The second-order valence-corrected chi connectivity index (χ2v) is 4.27. The normalized spacial score (nSPS) is 12.1. The van der Waals surface area contributed by atoms with Crippen molar-refractivity contribution < 1.29 is 9.84 Å². The highest BCUT2D eigenvalue weighted by Gasteiger charge is 2.14. The second kappa shape index (κ2) is 5.58. The van der Waals surface area contributed by atoms with E-state index >= 15 is 0 Å². The van der Waals surface area contributed by atoms with Gasteiger partial charge in [-0.05, 0) is 23.8 Å². The molecular formula is C14H17N3O2. The van der Waals surface area contributed by atoms with E-state index < -0.39 is 6.10 Å². The van der Waals surface area contributed by atoms with E-state index in [-0.39, 0.29) is 0 Å². The Morgan fingerprint density at radius 1 is 1.32 bits per heavy atom. The number of nitrogens with two attached hydrogens (primary N) is 2. The molecule has 1 aromatic carbocycles. The molecule has 2 aromatic rings. The highest BCUT2D eigenvalue weighted by Crippen LogP contribution is 2.31. The van der Waals surface area contributed by atoms with Gasteiger partial charge in [-0.3, -0.25) is 0 Å². The first-order valence-electron chi connectivity index (χ1n) is 5.92. The lowest BCUT2D eigenvalue weighted by atomic mass is 10.00. The number of nitrogen functional groups attached to an aromatic ring is 2. The Kier molecular flexibility index (Phi) is 3.87. The molecular weight excluding hydrogens is 242 g/mol. The Hall–Kier alpha value is -2.27. The van der Waals surface area contributed by atoms with Crippen molar-refractivity contribution in [2.45, 2.75) is 12.5 Å². The maximum atomic E-state index is 10.3. The van der Waals surface area contributed by atoms with E-state index in [9.17, 15) is 5.11 Å². The van der Waals surface area contributed by atoms with E-state index in [4.69, 9.17) is 16.2 Å². The van der Waals surface area contributed by atoms with Gasteiger partial charge in [0.05, 0.1) is 18.9 Å². The number of benzene rings is 1. The summed E-state index contributed by atoms with van der Waals surface area (Å²) in [7, 11) is 1.55. The highest BCUT2D eigenvalue weighted by atomic mass is 16.5. The van der Waals surface area contributed by atoms with Gasteiger partial charge in [-0.25, -0.2) is 4.98 Å². The van der Waals surface area contributed by atoms with Crippen molar-refractivity contribution in [3.05, 3.63) is 47.7 Å². The number of ether oxygens (including phenoxy) is 1. The smallest absolute Gasteiger partial charge is 0.142 e. The molecule has 19 heavy (non-hydrogen) atoms. The van der Waals surface area contributed by atoms with E-state index in [1.807, 2.05) is 6.07 Å². The zero-order valence-electron chi connectivity index (χ0n) is 10.7. The van der Waals surface area contributed by atoms with Gasteiger partial charge < -0.3 is 21.3 Å². The molecule has 2 rings (SSSR count). The number of rotatable bonds is 4. The Labute approximate surface area is 111 Å². The average Bonchev–Trinajstić information content (AvgIpc) is 2.39. The quantitative estimate of drug-likeness (QED) is 0.724. The monoisotopic (exact) mass is 259 g/mol. The highest BCUT2D eigenvalue weighted by molar-refractivity contribution is 5.59. The van der Waals surface area contributed by atoms with Crippen LogP contribution in [0.2, 0.25) is 0 Å². The average molecular weight is 259 g/mol. The molecule has 1 heterocycles. The van der Waals surface area contributed by atoms with Gasteiger partial charge in [0.2, 0.25) is 0 Å². The van der Waals surface area contributed by atoms with Gasteiger partial charge in [0.25, 0.3) is 0 Å². The fourth-order valence-corrected chi connectivity index (χ4v) is 1.98. The maximum absolute atomic E-state index is 10.3. The summed E-state index contributed by atoms with van der Waals surface area (Å²) in [6.07, 6.45) is 1.33. The number of pyridine rings is 1. The number of hydrogen-bond donors (Lipinski definition) is 3. The first-order valence-corrected chi connectivity index (χ1v) is 5.92. The van der Waals surface area contributed by atoms with Crippen molar-refractivity contribution in [1.29, 1.82) is 0 Å². The van der Waals surface area contributed by atoms with Gasteiger partial charge >= 0.3 is 0 Å². The van der Waals surface area contributed by atoms with Crippen LogP contribution in [0.15, 0.2) is 36.5 Å². The molecule has 0 saturated heterocycles. The number of aromatic nitrogens is 1. The van der Waals surface area contributed by atoms with Crippen LogP contribution in [-0.4, -0.2) is 17.2 Å². The summed E-state index contributed by atoms with van der Waals surface area (Å²) in [5.74, 6) is 0.995. The molecule has 0 aliphatic rings. The van der Waals surface area contributed by atoms with E-state index in [0.717, 1.165) is 5.56 Å². The standard InChI is InChI=1S/C14H17N3O2/c1-19-12-4-2-3-10(14(12)16)11(18)7-9-5-6-17-13(15)8-9/h2-6,8,11,18H,7,16H2,1H3,(H2,15,17). The molecule has 0 bridgehead atoms. The van der Waals surface area contributed by atoms with Crippen LogP contribution in [0, 0.1) is 0 Å². The minimum absolute atomic E-state index is 0.421. The molecule has 5 heteroatoms. The minimum Gasteiger partial charge on any atom is -0.495 e. The van der Waals surface area contributed by atoms with Crippen LogP contribution in [0.25, 0.3) is 0 Å². The number of para-hydroxylation sites is 1. The first kappa shape index (κ1) is 13.2. The lowest BCUT2D eigenvalue weighted by Crippen LogP contribution is -2.07. The molecule has 5 N–H and O–H groups in total. The van der Waals surface area contributed by atoms with E-state index in [1.165, 1.54) is 0 Å². The molecule has 0 fully saturated rings. The van der Waals surface area contributed by atoms with Crippen LogP contribution in [0.4, 0.5) is 11.5 Å². The van der Waals surface area contributed by atoms with Gasteiger partial charge in [0, 0.05) is 18.2 Å². The zero-order valence-corrected chi connectivity index (χ0v) is 10.7. The third-order valence-corrected chi connectivity index (χ3v) is 2.95. The van der Waals surface area contributed by atoms with Crippen molar-refractivity contribution in [2.75, 3.05) is 18.6 Å². The Morgan fingerprint density at radius 2 is 2.11 bits per heavy atom. The van der Waals surface area contributed by atoms with Crippen molar-refractivity contribution in [2.24, 2.45) is 0 Å². The molecule has 1 aromatic heterocycles. The predicted molar refractivity (Wildman–Crippen MR) is 74.7 cm³/mol. The van der Waals surface area contributed by atoms with Gasteiger partial charge in [0.15, 0.2) is 0 Å². The van der Waals surface area contributed by atoms with Crippen molar-refractivity contribution in [1.82, 2.24) is 4.98 Å². The summed E-state index contributed by atoms with van der Waals surface area (Å²) in [5.41, 5.74) is 13.6. The molecule has 0 radical (unpaired) electrons. The van der Waals surface area contributed by atoms with Crippen LogP contribution in [-0.2, 0) is 6.42 Å². The van der Waals surface area contributed by atoms with E-state index in [1.54, 1.807) is 37.6 Å². The molecule has 0 aliphatic heterocycles. The summed E-state index contributed by atoms with van der Waals surface area (Å²) in [4.78, 5) is 3.92. The third kappa shape index (κ3) is 2.95. The number of aliphatic hydroxyl groups is 1. The lowest BCUT2D eigenvalue weighted by Gasteiger charge is -2.15. The minimum atomic E-state index is -0.711. The maximum Gasteiger partial charge on any atom is 0.142 e. The number of anilines is 2. The van der Waals surface area contributed by atoms with Crippen LogP contribution in [0.1, 0.15) is 17.2 Å². The van der Waals surface area contributed by atoms with Gasteiger partial charge in [0.1, 0.15) is 11.6 Å². The Balaban J connectivity index is 2.23. The molecule has 100 valence electrons. The zero-order chi connectivity index (χ0) is 13.8. The summed E-state index contributed by atoms with van der Waals surface area (Å²) < 4.78 is 5.14. The third-order valence-electron chi connectivity index (χ3n) is 2.95. The fourth-order valence-electron chi connectivity index (χ4n) is 1.98. The summed E-state index contributed by atoms with van der Waals surface area (Å²) >= 11 is 0. The summed E-state index contributed by atoms with van der Waals surface area (Å²) in [6.45, 7) is 0. The van der Waals surface area contributed by atoms with Crippen molar-refractivity contribution in [3.8, 4) is 5.75 Å². The Morgan fingerprint density at radius 3 is 2.79 bits per heavy atom. The van der Waals surface area contributed by atoms with Crippen LogP contribution >= 0.6 is 0 Å². The number of methoxy groups -OCH3 is 1. The summed E-state index contributed by atoms with van der Waals surface area (Å²) in [6, 6.07) is 8.90. The van der Waals surface area contributed by atoms with E-state index in [2.05, 4.69) is 4.98 Å². The van der Waals surface area contributed by atoms with Gasteiger partial charge in [-0.2, -0.15) is 0 Å². The van der Waals surface area contributed by atoms with Gasteiger partial charge in [-0.1, -0.05) is 12.1 Å². The van der Waals surface area contributed by atoms with E-state index in [0.29, 0.717) is 29.2 Å². The SMILES string of the molecule is COc1cccc(C(O)Cc2ccnc(N)c2)c1N. The first-order chi connectivity index (χ1) is 9.11. The van der Waals surface area contributed by atoms with Crippen LogP contribution < -0.4 is 16.2 Å². The molecule has 1 unspecified atom stereocenters. The van der Waals surface area contributed by atoms with Gasteiger partial charge in [-0.15, -0.1) is 0 Å². The molecule has 0 amide bonds. The largest absolute Gasteiger partial charge is 0.495 e. The molecule has 0 saturated carbocycles. The second-order valence-electron chi connectivity index (χ2n) is 4.27. The number of aliphatic hydroxyl groups excluding tert-OH is 1. The number of nitrogens with zero attached hydrogens (tertiary/aromatic N) is 1. The molecule has 5 nitrogen and oxygen atoms in total. The molecule has 0 spiro atoms. The summed E-state index contributed by atoms with van der Waals surface area (Å²) in [5, 5.41) is 10.3. The number of hydrogen-bond acceptors (Lipinski definition) is 5. The van der Waals surface area contributed by atoms with Crippen molar-refractivity contribution >= 4 is 11.5 Å². The lowest BCUT2D eigenvalue weighted by molar-refractivity contribution is 0.179. The fraction of sp³-hybridized carbons (Fsp3) is 0.214. The van der Waals surface area contributed by atoms with Crippen LogP contribution in [0.5, 0.6) is 5.75 Å². The van der Waals surface area contributed by atoms with Crippen LogP contribution in [0.3, 0.4) is 0 Å². The molecule has 0 aliphatic carbocycles. The molecule has 1 atom stereocenters. The van der Waals surface area contributed by atoms with Crippen molar-refractivity contribution in [3.63, 3.8) is 0 Å². The topological polar surface area (TPSA) is 94.4 Å². The predicted octanol–water partition coefficient (Wildman–Crippen LogP) is 1.53.